The lowest BCUT2D eigenvalue weighted by Crippen LogP contribution is -2.14. The molecule has 0 heterocycles. The van der Waals surface area contributed by atoms with Gasteiger partial charge in [0.1, 0.15) is 0 Å². The van der Waals surface area contributed by atoms with Crippen molar-refractivity contribution in [2.75, 3.05) is 16.4 Å². The quantitative estimate of drug-likeness (QED) is 0.288. The van der Waals surface area contributed by atoms with Crippen LogP contribution in [-0.4, -0.2) is 17.6 Å². The average molecular weight is 481 g/mol. The van der Waals surface area contributed by atoms with Crippen LogP contribution < -0.4 is 10.6 Å². The van der Waals surface area contributed by atoms with E-state index in [0.717, 1.165) is 15.7 Å². The fourth-order valence-corrected chi connectivity index (χ4v) is 4.25. The van der Waals surface area contributed by atoms with Gasteiger partial charge in [-0.2, -0.15) is 0 Å². The average Bonchev–Trinajstić information content (AvgIpc) is 2.80. The maximum absolute atomic E-state index is 12.6. The highest BCUT2D eigenvalue weighted by Crippen LogP contribution is 2.26. The Bertz CT molecular complexity index is 1290. The van der Waals surface area contributed by atoms with Gasteiger partial charge in [-0.05, 0) is 65.4 Å². The normalized spacial score (nSPS) is 10.7. The van der Waals surface area contributed by atoms with Gasteiger partial charge in [0, 0.05) is 21.2 Å². The minimum atomic E-state index is -0.173. The largest absolute Gasteiger partial charge is 0.324 e. The van der Waals surface area contributed by atoms with Crippen LogP contribution in [0.25, 0.3) is 10.8 Å². The van der Waals surface area contributed by atoms with Crippen LogP contribution in [0.15, 0.2) is 89.8 Å². The summed E-state index contributed by atoms with van der Waals surface area (Å²) in [5.41, 5.74) is 1.80. The summed E-state index contributed by atoms with van der Waals surface area (Å²) in [5, 5.41) is 8.68. The third-order valence-electron chi connectivity index (χ3n) is 4.70. The van der Waals surface area contributed by atoms with Gasteiger partial charge >= 0.3 is 0 Å². The van der Waals surface area contributed by atoms with E-state index in [9.17, 15) is 9.59 Å². The first-order valence-corrected chi connectivity index (χ1v) is 11.5. The fourth-order valence-electron chi connectivity index (χ4n) is 3.09. The third kappa shape index (κ3) is 5.62. The molecular weight excluding hydrogens is 463 g/mol. The second kappa shape index (κ2) is 10.1. The first-order chi connectivity index (χ1) is 15.5. The molecule has 0 atom stereocenters. The molecule has 2 N–H and O–H groups in total. The second-order valence-electron chi connectivity index (χ2n) is 7.00. The van der Waals surface area contributed by atoms with Crippen LogP contribution in [0.3, 0.4) is 0 Å². The number of rotatable bonds is 6. The Labute approximate surface area is 199 Å². The molecule has 4 aromatic rings. The number of fused-ring (bicyclic) bond motifs is 1. The molecule has 0 bridgehead atoms. The molecule has 0 saturated heterocycles. The molecule has 160 valence electrons. The number of hydrogen-bond donors (Lipinski definition) is 2. The van der Waals surface area contributed by atoms with E-state index < -0.39 is 0 Å². The predicted molar refractivity (Wildman–Crippen MR) is 134 cm³/mol. The van der Waals surface area contributed by atoms with E-state index in [4.69, 9.17) is 23.2 Å². The maximum Gasteiger partial charge on any atom is 0.255 e. The van der Waals surface area contributed by atoms with Crippen molar-refractivity contribution in [2.24, 2.45) is 0 Å². The number of anilines is 2. The Morgan fingerprint density at radius 1 is 0.781 bits per heavy atom. The van der Waals surface area contributed by atoms with E-state index in [1.807, 2.05) is 66.7 Å². The molecule has 2 amide bonds. The Morgan fingerprint density at radius 3 is 2.28 bits per heavy atom. The molecule has 0 saturated carbocycles. The molecule has 0 aromatic heterocycles. The summed E-state index contributed by atoms with van der Waals surface area (Å²) in [6, 6.07) is 25.8. The minimum absolute atomic E-state index is 0.171. The number of halogens is 2. The van der Waals surface area contributed by atoms with Crippen molar-refractivity contribution in [2.45, 2.75) is 4.90 Å². The molecular formula is C25H18Cl2N2O2S. The van der Waals surface area contributed by atoms with E-state index in [-0.39, 0.29) is 17.6 Å². The molecule has 4 nitrogen and oxygen atoms in total. The van der Waals surface area contributed by atoms with Gasteiger partial charge in [-0.15, -0.1) is 11.8 Å². The zero-order valence-electron chi connectivity index (χ0n) is 16.8. The highest BCUT2D eigenvalue weighted by Gasteiger charge is 2.09. The molecule has 0 unspecified atom stereocenters. The van der Waals surface area contributed by atoms with E-state index in [0.29, 0.717) is 27.0 Å². The van der Waals surface area contributed by atoms with Gasteiger partial charge < -0.3 is 10.6 Å². The SMILES string of the molecule is O=C(CSc1ccc(NC(=O)c2ccc3ccccc3c2)cc1)Nc1ccc(Cl)cc1Cl. The van der Waals surface area contributed by atoms with Gasteiger partial charge in [-0.3, -0.25) is 9.59 Å². The number of carbonyl (C=O) groups excluding carboxylic acids is 2. The van der Waals surface area contributed by atoms with E-state index >= 15 is 0 Å². The van der Waals surface area contributed by atoms with Gasteiger partial charge in [0.05, 0.1) is 16.5 Å². The summed E-state index contributed by atoms with van der Waals surface area (Å²) >= 11 is 13.3. The summed E-state index contributed by atoms with van der Waals surface area (Å²) in [6.45, 7) is 0. The number of thioether (sulfide) groups is 1. The van der Waals surface area contributed by atoms with Gasteiger partial charge in [-0.1, -0.05) is 53.5 Å². The van der Waals surface area contributed by atoms with E-state index in [1.165, 1.54) is 11.8 Å². The monoisotopic (exact) mass is 480 g/mol. The lowest BCUT2D eigenvalue weighted by Gasteiger charge is -2.09. The Kier molecular flexibility index (Phi) is 7.00. The van der Waals surface area contributed by atoms with Crippen molar-refractivity contribution in [1.82, 2.24) is 0 Å². The number of amides is 2. The highest BCUT2D eigenvalue weighted by atomic mass is 35.5. The number of nitrogens with one attached hydrogen (secondary N) is 2. The van der Waals surface area contributed by atoms with Crippen molar-refractivity contribution in [1.29, 1.82) is 0 Å². The van der Waals surface area contributed by atoms with Gasteiger partial charge in [0.25, 0.3) is 5.91 Å². The molecule has 0 radical (unpaired) electrons. The molecule has 4 aromatic carbocycles. The standard InChI is InChI=1S/C25H18Cl2N2O2S/c26-19-7-12-23(22(27)14-19)29-24(30)15-32-21-10-8-20(9-11-21)28-25(31)18-6-5-16-3-1-2-4-17(16)13-18/h1-14H,15H2,(H,28,31)(H,29,30). The zero-order valence-corrected chi connectivity index (χ0v) is 19.1. The predicted octanol–water partition coefficient (Wildman–Crippen LogP) is 7.13. The molecule has 0 spiro atoms. The lowest BCUT2D eigenvalue weighted by atomic mass is 10.1. The molecule has 0 aliphatic heterocycles. The summed E-state index contributed by atoms with van der Waals surface area (Å²) in [7, 11) is 0. The lowest BCUT2D eigenvalue weighted by molar-refractivity contribution is -0.113. The molecule has 32 heavy (non-hydrogen) atoms. The van der Waals surface area contributed by atoms with Crippen molar-refractivity contribution < 1.29 is 9.59 Å². The van der Waals surface area contributed by atoms with E-state index in [1.54, 1.807) is 18.2 Å². The van der Waals surface area contributed by atoms with Crippen LogP contribution in [-0.2, 0) is 4.79 Å². The smallest absolute Gasteiger partial charge is 0.255 e. The molecule has 4 rings (SSSR count). The summed E-state index contributed by atoms with van der Waals surface area (Å²) in [6.07, 6.45) is 0. The number of hydrogen-bond acceptors (Lipinski definition) is 3. The van der Waals surface area contributed by atoms with Crippen LogP contribution >= 0.6 is 35.0 Å². The number of benzene rings is 4. The maximum atomic E-state index is 12.6. The van der Waals surface area contributed by atoms with Crippen molar-refractivity contribution in [3.63, 3.8) is 0 Å². The molecule has 0 fully saturated rings. The van der Waals surface area contributed by atoms with Crippen molar-refractivity contribution in [3.8, 4) is 0 Å². The van der Waals surface area contributed by atoms with Gasteiger partial charge in [-0.25, -0.2) is 0 Å². The van der Waals surface area contributed by atoms with Gasteiger partial charge in [0.15, 0.2) is 0 Å². The second-order valence-corrected chi connectivity index (χ2v) is 8.89. The first-order valence-electron chi connectivity index (χ1n) is 9.76. The van der Waals surface area contributed by atoms with Crippen LogP contribution in [0.1, 0.15) is 10.4 Å². The van der Waals surface area contributed by atoms with E-state index in [2.05, 4.69) is 10.6 Å². The fraction of sp³-hybridized carbons (Fsp3) is 0.0400. The third-order valence-corrected chi connectivity index (χ3v) is 6.26. The van der Waals surface area contributed by atoms with Crippen LogP contribution in [0.5, 0.6) is 0 Å². The Morgan fingerprint density at radius 2 is 1.53 bits per heavy atom. The summed E-state index contributed by atoms with van der Waals surface area (Å²) < 4.78 is 0. The van der Waals surface area contributed by atoms with Crippen LogP contribution in [0, 0.1) is 0 Å². The minimum Gasteiger partial charge on any atom is -0.324 e. The Hall–Kier alpha value is -2.99. The van der Waals surface area contributed by atoms with Crippen molar-refractivity contribution in [3.05, 3.63) is 101 Å². The summed E-state index contributed by atoms with van der Waals surface area (Å²) in [4.78, 5) is 25.7. The Balaban J connectivity index is 1.32. The molecule has 0 aliphatic carbocycles. The van der Waals surface area contributed by atoms with Crippen LogP contribution in [0.4, 0.5) is 11.4 Å². The van der Waals surface area contributed by atoms with Crippen LogP contribution in [0.2, 0.25) is 10.0 Å². The topological polar surface area (TPSA) is 58.2 Å². The molecule has 0 aliphatic rings. The highest BCUT2D eigenvalue weighted by molar-refractivity contribution is 8.00. The van der Waals surface area contributed by atoms with Gasteiger partial charge in [0.2, 0.25) is 5.91 Å². The van der Waals surface area contributed by atoms with Crippen molar-refractivity contribution >= 4 is 68.9 Å². The molecule has 7 heteroatoms. The summed E-state index contributed by atoms with van der Waals surface area (Å²) in [5.74, 6) is -0.120. The number of carbonyl (C=O) groups is 2. The zero-order chi connectivity index (χ0) is 22.5. The first kappa shape index (κ1) is 22.2.